The van der Waals surface area contributed by atoms with Gasteiger partial charge >= 0.3 is 6.03 Å². The Labute approximate surface area is 153 Å². The van der Waals surface area contributed by atoms with Gasteiger partial charge in [-0.15, -0.1) is 0 Å². The number of rotatable bonds is 9. The topological polar surface area (TPSA) is 78.9 Å². The van der Waals surface area contributed by atoms with Crippen molar-refractivity contribution in [3.8, 4) is 0 Å². The lowest BCUT2D eigenvalue weighted by atomic mass is 9.95. The zero-order valence-corrected chi connectivity index (χ0v) is 15.4. The summed E-state index contributed by atoms with van der Waals surface area (Å²) in [5, 5.41) is 13.4. The molecule has 25 heavy (non-hydrogen) atoms. The fourth-order valence-electron chi connectivity index (χ4n) is 2.80. The Bertz CT molecular complexity index is 625. The fourth-order valence-corrected chi connectivity index (χ4v) is 2.99. The van der Waals surface area contributed by atoms with Crippen LogP contribution in [0, 0.1) is 0 Å². The molecule has 2 rings (SSSR count). The highest BCUT2D eigenvalue weighted by Gasteiger charge is 2.47. The van der Waals surface area contributed by atoms with Crippen LogP contribution in [-0.4, -0.2) is 46.7 Å². The monoisotopic (exact) mass is 368 g/mol. The molecule has 3 amide bonds. The van der Waals surface area contributed by atoms with E-state index in [0.29, 0.717) is 11.4 Å². The molecule has 2 atom stereocenters. The minimum absolute atomic E-state index is 0.00789. The molecule has 1 aliphatic rings. The van der Waals surface area contributed by atoms with Gasteiger partial charge in [-0.2, -0.15) is 0 Å². The van der Waals surface area contributed by atoms with Gasteiger partial charge in [-0.25, -0.2) is 4.79 Å². The van der Waals surface area contributed by atoms with Crippen LogP contribution in [0.2, 0.25) is 5.02 Å². The number of aliphatic hydroxyl groups is 1. The zero-order chi connectivity index (χ0) is 18.4. The number of aliphatic hydroxyl groups excluding tert-OH is 1. The van der Waals surface area contributed by atoms with Crippen molar-refractivity contribution in [1.82, 2.24) is 10.2 Å². The molecule has 0 unspecified atom stereocenters. The van der Waals surface area contributed by atoms with Gasteiger partial charge < -0.3 is 15.2 Å². The van der Waals surface area contributed by atoms with Crippen LogP contribution >= 0.6 is 11.6 Å². The van der Waals surface area contributed by atoms with Crippen molar-refractivity contribution < 1.29 is 19.4 Å². The number of carbonyl (C=O) groups is 2. The number of hydrogen-bond acceptors (Lipinski definition) is 4. The first-order valence-corrected chi connectivity index (χ1v) is 8.88. The van der Waals surface area contributed by atoms with Crippen LogP contribution in [0.25, 0.3) is 0 Å². The number of amides is 3. The summed E-state index contributed by atoms with van der Waals surface area (Å²) >= 11 is 6.04. The summed E-state index contributed by atoms with van der Waals surface area (Å²) in [6, 6.07) is 6.82. The summed E-state index contributed by atoms with van der Waals surface area (Å²) in [5.74, 6) is -0.295. The van der Waals surface area contributed by atoms with Crippen LogP contribution in [0.15, 0.2) is 24.3 Å². The van der Waals surface area contributed by atoms with E-state index in [0.717, 1.165) is 23.3 Å². The van der Waals surface area contributed by atoms with Gasteiger partial charge in [0.25, 0.3) is 5.91 Å². The molecule has 0 spiro atoms. The van der Waals surface area contributed by atoms with Crippen LogP contribution < -0.4 is 5.32 Å². The summed E-state index contributed by atoms with van der Waals surface area (Å²) in [4.78, 5) is 25.6. The molecule has 0 bridgehead atoms. The van der Waals surface area contributed by atoms with Crippen LogP contribution in [0.3, 0.4) is 0 Å². The number of halogens is 1. The van der Waals surface area contributed by atoms with Crippen molar-refractivity contribution in [2.75, 3.05) is 13.2 Å². The molecule has 0 aliphatic carbocycles. The molecular formula is C18H25ClN2O4. The number of nitrogens with zero attached hydrogens (tertiary/aromatic N) is 1. The average molecular weight is 369 g/mol. The molecule has 0 saturated carbocycles. The molecule has 6 nitrogen and oxygen atoms in total. The summed E-state index contributed by atoms with van der Waals surface area (Å²) in [5.41, 5.74) is -0.0656. The maximum absolute atomic E-state index is 12.5. The molecule has 1 fully saturated rings. The molecule has 0 aromatic heterocycles. The maximum atomic E-state index is 12.5. The molecule has 1 saturated heterocycles. The summed E-state index contributed by atoms with van der Waals surface area (Å²) in [7, 11) is 0. The first-order chi connectivity index (χ1) is 11.9. The van der Waals surface area contributed by atoms with E-state index in [1.165, 1.54) is 0 Å². The van der Waals surface area contributed by atoms with Crippen molar-refractivity contribution in [3.05, 3.63) is 34.9 Å². The Kier molecular flexibility index (Phi) is 6.81. The Hall–Kier alpha value is -1.63. The largest absolute Gasteiger partial charge is 0.389 e. The quantitative estimate of drug-likeness (QED) is 0.657. The van der Waals surface area contributed by atoms with Crippen molar-refractivity contribution in [1.29, 1.82) is 0 Å². The summed E-state index contributed by atoms with van der Waals surface area (Å²) in [6.07, 6.45) is 1.42. The normalized spacial score (nSPS) is 21.5. The predicted octanol–water partition coefficient (Wildman–Crippen LogP) is 2.72. The molecule has 138 valence electrons. The Morgan fingerprint density at radius 1 is 1.36 bits per heavy atom. The van der Waals surface area contributed by atoms with Gasteiger partial charge in [0.2, 0.25) is 0 Å². The van der Waals surface area contributed by atoms with E-state index in [9.17, 15) is 14.7 Å². The standard InChI is InChI=1S/C18H25ClN2O4/c1-3-4-9-18(2)16(23)21(17(24)20-18)10-14(22)12-25-11-13-7-5-6-8-15(13)19/h5-8,14,22H,3-4,9-12H2,1-2H3,(H,20,24)/t14-,18-/m1/s1. The van der Waals surface area contributed by atoms with Gasteiger partial charge in [0.15, 0.2) is 0 Å². The van der Waals surface area contributed by atoms with Gasteiger partial charge in [-0.1, -0.05) is 49.6 Å². The molecule has 1 aliphatic heterocycles. The number of carbonyl (C=O) groups excluding carboxylic acids is 2. The first kappa shape index (κ1) is 19.7. The second-order valence-electron chi connectivity index (χ2n) is 6.54. The van der Waals surface area contributed by atoms with Crippen LogP contribution in [0.1, 0.15) is 38.7 Å². The number of ether oxygens (including phenoxy) is 1. The predicted molar refractivity (Wildman–Crippen MR) is 95.3 cm³/mol. The molecule has 1 aromatic rings. The highest BCUT2D eigenvalue weighted by molar-refractivity contribution is 6.31. The smallest absolute Gasteiger partial charge is 0.325 e. The third kappa shape index (κ3) is 4.93. The molecule has 1 heterocycles. The Morgan fingerprint density at radius 2 is 2.08 bits per heavy atom. The SMILES string of the molecule is CCCC[C@@]1(C)NC(=O)N(C[C@@H](O)COCc2ccccc2Cl)C1=O. The summed E-state index contributed by atoms with van der Waals surface area (Å²) < 4.78 is 5.46. The number of unbranched alkanes of at least 4 members (excludes halogenated alkanes) is 1. The van der Waals surface area contributed by atoms with Crippen LogP contribution in [0.4, 0.5) is 4.79 Å². The van der Waals surface area contributed by atoms with Crippen LogP contribution in [-0.2, 0) is 16.1 Å². The Morgan fingerprint density at radius 3 is 2.76 bits per heavy atom. The molecular weight excluding hydrogens is 344 g/mol. The number of imide groups is 1. The van der Waals surface area contributed by atoms with E-state index in [-0.39, 0.29) is 25.7 Å². The van der Waals surface area contributed by atoms with Crippen molar-refractivity contribution in [2.24, 2.45) is 0 Å². The van der Waals surface area contributed by atoms with E-state index in [2.05, 4.69) is 5.32 Å². The van der Waals surface area contributed by atoms with Crippen molar-refractivity contribution >= 4 is 23.5 Å². The van der Waals surface area contributed by atoms with E-state index < -0.39 is 17.7 Å². The lowest BCUT2D eigenvalue weighted by Crippen LogP contribution is -2.44. The minimum atomic E-state index is -0.953. The lowest BCUT2D eigenvalue weighted by molar-refractivity contribution is -0.132. The number of urea groups is 1. The number of β-amino-alcohol motifs (C(OH)–C–C–N with tert-alkyl or cyclic N) is 1. The lowest BCUT2D eigenvalue weighted by Gasteiger charge is -2.22. The van der Waals surface area contributed by atoms with E-state index >= 15 is 0 Å². The van der Waals surface area contributed by atoms with Gasteiger partial charge in [0.05, 0.1) is 25.9 Å². The van der Waals surface area contributed by atoms with E-state index in [4.69, 9.17) is 16.3 Å². The summed E-state index contributed by atoms with van der Waals surface area (Å²) in [6.45, 7) is 3.93. The molecule has 0 radical (unpaired) electrons. The second kappa shape index (κ2) is 8.65. The van der Waals surface area contributed by atoms with E-state index in [1.807, 2.05) is 25.1 Å². The van der Waals surface area contributed by atoms with Crippen molar-refractivity contribution in [3.63, 3.8) is 0 Å². The van der Waals surface area contributed by atoms with Crippen molar-refractivity contribution in [2.45, 2.75) is 51.4 Å². The number of nitrogens with one attached hydrogen (secondary N) is 1. The highest BCUT2D eigenvalue weighted by Crippen LogP contribution is 2.23. The average Bonchev–Trinajstić information content (AvgIpc) is 2.78. The van der Waals surface area contributed by atoms with Gasteiger partial charge in [-0.05, 0) is 25.0 Å². The number of benzene rings is 1. The Balaban J connectivity index is 1.83. The molecule has 1 aromatic carbocycles. The minimum Gasteiger partial charge on any atom is -0.389 e. The zero-order valence-electron chi connectivity index (χ0n) is 14.6. The van der Waals surface area contributed by atoms with Gasteiger partial charge in [0, 0.05) is 5.02 Å². The first-order valence-electron chi connectivity index (χ1n) is 8.50. The van der Waals surface area contributed by atoms with Gasteiger partial charge in [0.1, 0.15) is 5.54 Å². The highest BCUT2D eigenvalue weighted by atomic mass is 35.5. The molecule has 2 N–H and O–H groups in total. The third-order valence-corrected chi connectivity index (χ3v) is 4.66. The maximum Gasteiger partial charge on any atom is 0.325 e. The van der Waals surface area contributed by atoms with Gasteiger partial charge in [-0.3, -0.25) is 9.69 Å². The third-order valence-electron chi connectivity index (χ3n) is 4.29. The fraction of sp³-hybridized carbons (Fsp3) is 0.556. The molecule has 7 heteroatoms. The van der Waals surface area contributed by atoms with Crippen LogP contribution in [0.5, 0.6) is 0 Å². The number of hydrogen-bond donors (Lipinski definition) is 2. The van der Waals surface area contributed by atoms with E-state index in [1.54, 1.807) is 13.0 Å². The second-order valence-corrected chi connectivity index (χ2v) is 6.95.